The molecule has 2 aromatic rings. The van der Waals surface area contributed by atoms with Crippen LogP contribution in [0.1, 0.15) is 31.1 Å². The number of amides is 1. The summed E-state index contributed by atoms with van der Waals surface area (Å²) in [5, 5.41) is 4.46. The summed E-state index contributed by atoms with van der Waals surface area (Å²) >= 11 is 4.72. The lowest BCUT2D eigenvalue weighted by Crippen LogP contribution is -2.31. The number of benzene rings is 1. The molecule has 0 unspecified atom stereocenters. The van der Waals surface area contributed by atoms with Crippen LogP contribution in [0.4, 0.5) is 5.69 Å². The van der Waals surface area contributed by atoms with Crippen LogP contribution in [0.2, 0.25) is 0 Å². The van der Waals surface area contributed by atoms with Crippen LogP contribution in [0.25, 0.3) is 0 Å². The van der Waals surface area contributed by atoms with Gasteiger partial charge in [-0.15, -0.1) is 11.3 Å². The van der Waals surface area contributed by atoms with E-state index >= 15 is 0 Å². The Bertz CT molecular complexity index is 877. The standard InChI is InChI=1S/C17H21BrN2O4S2/c1-4-20(5-2)26(22,23)15-10-13(7-8-14(15)24-6-3)19-17(21)12-9-16(18)25-11-12/h7-11H,4-6H2,1-3H3,(H,19,21). The number of sulfonamides is 1. The van der Waals surface area contributed by atoms with Gasteiger partial charge >= 0.3 is 0 Å². The summed E-state index contributed by atoms with van der Waals surface area (Å²) in [6.07, 6.45) is 0. The predicted molar refractivity (Wildman–Crippen MR) is 108 cm³/mol. The molecule has 0 atom stereocenters. The van der Waals surface area contributed by atoms with E-state index in [9.17, 15) is 13.2 Å². The van der Waals surface area contributed by atoms with Crippen molar-refractivity contribution in [1.82, 2.24) is 4.31 Å². The summed E-state index contributed by atoms with van der Waals surface area (Å²) in [5.41, 5.74) is 0.899. The molecule has 0 aliphatic rings. The summed E-state index contributed by atoms with van der Waals surface area (Å²) < 4.78 is 33.5. The first-order chi connectivity index (χ1) is 12.3. The first-order valence-corrected chi connectivity index (χ1v) is 11.3. The third-order valence-corrected chi connectivity index (χ3v) is 7.23. The van der Waals surface area contributed by atoms with E-state index in [2.05, 4.69) is 21.2 Å². The molecule has 1 amide bonds. The van der Waals surface area contributed by atoms with Crippen molar-refractivity contribution in [1.29, 1.82) is 0 Å². The Hall–Kier alpha value is -1.42. The third kappa shape index (κ3) is 4.64. The molecular formula is C17H21BrN2O4S2. The van der Waals surface area contributed by atoms with Crippen molar-refractivity contribution < 1.29 is 17.9 Å². The Morgan fingerprint density at radius 1 is 1.23 bits per heavy atom. The number of thiophene rings is 1. The normalized spacial score (nSPS) is 11.6. The summed E-state index contributed by atoms with van der Waals surface area (Å²) in [5.74, 6) is -0.0297. The second-order valence-electron chi connectivity index (χ2n) is 5.28. The van der Waals surface area contributed by atoms with Crippen LogP contribution in [-0.2, 0) is 10.0 Å². The number of rotatable bonds is 8. The van der Waals surface area contributed by atoms with Gasteiger partial charge in [0, 0.05) is 24.2 Å². The molecule has 26 heavy (non-hydrogen) atoms. The Kier molecular flexibility index (Phi) is 7.22. The molecule has 0 radical (unpaired) electrons. The van der Waals surface area contributed by atoms with Crippen LogP contribution in [0.15, 0.2) is 38.3 Å². The average Bonchev–Trinajstić information content (AvgIpc) is 3.04. The predicted octanol–water partition coefficient (Wildman–Crippen LogP) is 4.19. The number of hydrogen-bond acceptors (Lipinski definition) is 5. The quantitative estimate of drug-likeness (QED) is 0.640. The topological polar surface area (TPSA) is 75.7 Å². The molecule has 0 saturated heterocycles. The molecule has 0 aliphatic heterocycles. The van der Waals surface area contributed by atoms with Gasteiger partial charge in [-0.25, -0.2) is 8.42 Å². The van der Waals surface area contributed by atoms with E-state index in [1.54, 1.807) is 44.4 Å². The van der Waals surface area contributed by atoms with Gasteiger partial charge in [-0.2, -0.15) is 4.31 Å². The fourth-order valence-electron chi connectivity index (χ4n) is 2.40. The molecule has 0 bridgehead atoms. The first-order valence-electron chi connectivity index (χ1n) is 8.15. The van der Waals surface area contributed by atoms with E-state index in [1.807, 2.05) is 0 Å². The van der Waals surface area contributed by atoms with E-state index in [1.165, 1.54) is 21.7 Å². The van der Waals surface area contributed by atoms with E-state index in [-0.39, 0.29) is 16.6 Å². The largest absolute Gasteiger partial charge is 0.492 e. The average molecular weight is 461 g/mol. The number of hydrogen-bond donors (Lipinski definition) is 1. The van der Waals surface area contributed by atoms with Crippen LogP contribution < -0.4 is 10.1 Å². The van der Waals surface area contributed by atoms with Crippen LogP contribution in [0.3, 0.4) is 0 Å². The van der Waals surface area contributed by atoms with Gasteiger partial charge in [0.2, 0.25) is 10.0 Å². The molecule has 1 heterocycles. The van der Waals surface area contributed by atoms with Gasteiger partial charge < -0.3 is 10.1 Å². The maximum absolute atomic E-state index is 12.9. The molecule has 0 fully saturated rings. The fourth-order valence-corrected chi connectivity index (χ4v) is 5.15. The minimum Gasteiger partial charge on any atom is -0.492 e. The van der Waals surface area contributed by atoms with Gasteiger partial charge in [0.15, 0.2) is 0 Å². The van der Waals surface area contributed by atoms with Crippen LogP contribution in [0.5, 0.6) is 5.75 Å². The van der Waals surface area contributed by atoms with Crippen molar-refractivity contribution >= 4 is 48.9 Å². The fraction of sp³-hybridized carbons (Fsp3) is 0.353. The molecule has 0 spiro atoms. The lowest BCUT2D eigenvalue weighted by molar-refractivity contribution is 0.102. The summed E-state index contributed by atoms with van der Waals surface area (Å²) in [6.45, 7) is 6.39. The zero-order chi connectivity index (χ0) is 19.3. The summed E-state index contributed by atoms with van der Waals surface area (Å²) in [7, 11) is -3.72. The smallest absolute Gasteiger partial charge is 0.256 e. The number of ether oxygens (including phenoxy) is 1. The van der Waals surface area contributed by atoms with Crippen molar-refractivity contribution in [3.8, 4) is 5.75 Å². The maximum atomic E-state index is 12.9. The van der Waals surface area contributed by atoms with E-state index in [4.69, 9.17) is 4.74 Å². The van der Waals surface area contributed by atoms with Gasteiger partial charge in [-0.3, -0.25) is 4.79 Å². The second-order valence-corrected chi connectivity index (χ2v) is 9.47. The highest BCUT2D eigenvalue weighted by atomic mass is 79.9. The molecule has 0 saturated carbocycles. The van der Waals surface area contributed by atoms with Gasteiger partial charge in [0.1, 0.15) is 10.6 Å². The van der Waals surface area contributed by atoms with E-state index in [0.29, 0.717) is 30.9 Å². The first kappa shape index (κ1) is 20.9. The lowest BCUT2D eigenvalue weighted by Gasteiger charge is -2.21. The zero-order valence-corrected chi connectivity index (χ0v) is 18.0. The number of carbonyl (C=O) groups excluding carboxylic acids is 1. The van der Waals surface area contributed by atoms with E-state index < -0.39 is 10.0 Å². The Balaban J connectivity index is 2.40. The highest BCUT2D eigenvalue weighted by molar-refractivity contribution is 9.11. The lowest BCUT2D eigenvalue weighted by atomic mass is 10.2. The number of nitrogens with one attached hydrogen (secondary N) is 1. The van der Waals surface area contributed by atoms with Crippen LogP contribution >= 0.6 is 27.3 Å². The highest BCUT2D eigenvalue weighted by Gasteiger charge is 2.26. The highest BCUT2D eigenvalue weighted by Crippen LogP contribution is 2.30. The van der Waals surface area contributed by atoms with E-state index in [0.717, 1.165) is 3.79 Å². The summed E-state index contributed by atoms with van der Waals surface area (Å²) in [6, 6.07) is 6.35. The molecule has 6 nitrogen and oxygen atoms in total. The number of nitrogens with zero attached hydrogens (tertiary/aromatic N) is 1. The number of halogens is 1. The molecule has 2 rings (SSSR count). The van der Waals surface area contributed by atoms with Crippen molar-refractivity contribution in [3.63, 3.8) is 0 Å². The molecule has 0 aliphatic carbocycles. The molecule has 142 valence electrons. The zero-order valence-electron chi connectivity index (χ0n) is 14.8. The molecule has 1 aromatic heterocycles. The minimum absolute atomic E-state index is 0.0485. The van der Waals surface area contributed by atoms with Crippen molar-refractivity contribution in [2.24, 2.45) is 0 Å². The van der Waals surface area contributed by atoms with Gasteiger partial charge in [0.05, 0.1) is 16.0 Å². The Morgan fingerprint density at radius 3 is 2.46 bits per heavy atom. The van der Waals surface area contributed by atoms with Gasteiger partial charge in [-0.05, 0) is 47.1 Å². The van der Waals surface area contributed by atoms with Crippen molar-refractivity contribution in [2.75, 3.05) is 25.0 Å². The number of anilines is 1. The van der Waals surface area contributed by atoms with Crippen LogP contribution in [0, 0.1) is 0 Å². The Labute approximate surface area is 166 Å². The SMILES string of the molecule is CCOc1ccc(NC(=O)c2csc(Br)c2)cc1S(=O)(=O)N(CC)CC. The number of carbonyl (C=O) groups is 1. The molecule has 9 heteroatoms. The molecule has 1 aromatic carbocycles. The van der Waals surface area contributed by atoms with Crippen LogP contribution in [-0.4, -0.2) is 38.3 Å². The molecule has 1 N–H and O–H groups in total. The minimum atomic E-state index is -3.72. The van der Waals surface area contributed by atoms with Crippen molar-refractivity contribution in [3.05, 3.63) is 39.0 Å². The van der Waals surface area contributed by atoms with Gasteiger partial charge in [-0.1, -0.05) is 13.8 Å². The summed E-state index contributed by atoms with van der Waals surface area (Å²) in [4.78, 5) is 12.4. The third-order valence-electron chi connectivity index (χ3n) is 3.65. The maximum Gasteiger partial charge on any atom is 0.256 e. The second kappa shape index (κ2) is 8.98. The Morgan fingerprint density at radius 2 is 1.92 bits per heavy atom. The van der Waals surface area contributed by atoms with Crippen molar-refractivity contribution in [2.45, 2.75) is 25.7 Å². The monoisotopic (exact) mass is 460 g/mol. The molecular weight excluding hydrogens is 440 g/mol. The van der Waals surface area contributed by atoms with Gasteiger partial charge in [0.25, 0.3) is 5.91 Å².